The Morgan fingerprint density at radius 1 is 1.08 bits per heavy atom. The highest BCUT2D eigenvalue weighted by Crippen LogP contribution is 2.27. The van der Waals surface area contributed by atoms with Gasteiger partial charge in [-0.2, -0.15) is 0 Å². The molecular weight excluding hydrogens is 313 g/mol. The van der Waals surface area contributed by atoms with E-state index in [1.807, 2.05) is 19.1 Å². The Kier molecular flexibility index (Phi) is 6.14. The monoisotopic (exact) mass is 333 g/mol. The second-order valence-corrected chi connectivity index (χ2v) is 5.14. The number of hydrogen-bond acceptors (Lipinski definition) is 4. The van der Waals surface area contributed by atoms with Crippen molar-refractivity contribution in [2.45, 2.75) is 6.92 Å². The van der Waals surface area contributed by atoms with Crippen molar-refractivity contribution in [2.75, 3.05) is 32.8 Å². The number of halogens is 1. The summed E-state index contributed by atoms with van der Waals surface area (Å²) in [6, 6.07) is 9.46. The molecule has 2 aromatic rings. The van der Waals surface area contributed by atoms with Crippen molar-refractivity contribution in [2.24, 2.45) is 0 Å². The van der Waals surface area contributed by atoms with E-state index in [-0.39, 0.29) is 11.3 Å². The molecule has 2 rings (SSSR count). The Hall–Kier alpha value is -2.60. The molecule has 5 nitrogen and oxygen atoms in total. The highest BCUT2D eigenvalue weighted by molar-refractivity contribution is 6.05. The van der Waals surface area contributed by atoms with Crippen LogP contribution in [0.15, 0.2) is 36.4 Å². The summed E-state index contributed by atoms with van der Waals surface area (Å²) in [5, 5.41) is 2.73. The minimum absolute atomic E-state index is 0.0884. The Labute approximate surface area is 140 Å². The molecule has 0 saturated carbocycles. The van der Waals surface area contributed by atoms with Crippen LogP contribution in [0.3, 0.4) is 0 Å². The molecule has 0 spiro atoms. The van der Waals surface area contributed by atoms with Crippen LogP contribution >= 0.6 is 0 Å². The molecule has 0 atom stereocenters. The number of methoxy groups -OCH3 is 2. The topological polar surface area (TPSA) is 56.8 Å². The number of anilines is 1. The predicted octanol–water partition coefficient (Wildman–Crippen LogP) is 3.42. The predicted molar refractivity (Wildman–Crippen MR) is 89.5 cm³/mol. The van der Waals surface area contributed by atoms with Gasteiger partial charge in [0.15, 0.2) is 11.6 Å². The normalized spacial score (nSPS) is 10.3. The van der Waals surface area contributed by atoms with E-state index in [9.17, 15) is 9.18 Å². The van der Waals surface area contributed by atoms with Crippen molar-refractivity contribution in [1.82, 2.24) is 0 Å². The van der Waals surface area contributed by atoms with Gasteiger partial charge in [0.05, 0.1) is 19.4 Å². The van der Waals surface area contributed by atoms with Crippen LogP contribution in [-0.2, 0) is 4.74 Å². The SMILES string of the molecule is COCCOc1cc(C)ccc1NC(=O)c1ccc(OC)c(F)c1. The highest BCUT2D eigenvalue weighted by atomic mass is 19.1. The first kappa shape index (κ1) is 17.7. The van der Waals surface area contributed by atoms with E-state index >= 15 is 0 Å². The van der Waals surface area contributed by atoms with Gasteiger partial charge < -0.3 is 19.5 Å². The van der Waals surface area contributed by atoms with E-state index in [2.05, 4.69) is 5.32 Å². The van der Waals surface area contributed by atoms with Crippen molar-refractivity contribution >= 4 is 11.6 Å². The zero-order chi connectivity index (χ0) is 17.5. The zero-order valence-electron chi connectivity index (χ0n) is 13.9. The number of ether oxygens (including phenoxy) is 3. The zero-order valence-corrected chi connectivity index (χ0v) is 13.9. The molecule has 0 radical (unpaired) electrons. The maximum atomic E-state index is 13.7. The lowest BCUT2D eigenvalue weighted by Crippen LogP contribution is -2.14. The first-order valence-electron chi connectivity index (χ1n) is 7.42. The number of carbonyl (C=O) groups is 1. The Balaban J connectivity index is 2.17. The molecule has 0 aliphatic carbocycles. The van der Waals surface area contributed by atoms with Gasteiger partial charge in [-0.25, -0.2) is 4.39 Å². The molecule has 0 bridgehead atoms. The lowest BCUT2D eigenvalue weighted by atomic mass is 10.1. The molecule has 128 valence electrons. The van der Waals surface area contributed by atoms with E-state index in [0.717, 1.165) is 11.6 Å². The fourth-order valence-corrected chi connectivity index (χ4v) is 2.09. The number of hydrogen-bond donors (Lipinski definition) is 1. The molecule has 0 aromatic heterocycles. The molecule has 0 aliphatic heterocycles. The molecule has 1 amide bonds. The van der Waals surface area contributed by atoms with Crippen LogP contribution < -0.4 is 14.8 Å². The van der Waals surface area contributed by atoms with E-state index in [1.165, 1.54) is 19.2 Å². The van der Waals surface area contributed by atoms with Gasteiger partial charge in [-0.3, -0.25) is 4.79 Å². The van der Waals surface area contributed by atoms with Gasteiger partial charge in [0, 0.05) is 12.7 Å². The standard InChI is InChI=1S/C18H20FNO4/c1-12-4-6-15(17(10-12)24-9-8-22-2)20-18(21)13-5-7-16(23-3)14(19)11-13/h4-7,10-11H,8-9H2,1-3H3,(H,20,21). The van der Waals surface area contributed by atoms with Gasteiger partial charge in [0.2, 0.25) is 0 Å². The van der Waals surface area contributed by atoms with Gasteiger partial charge in [-0.1, -0.05) is 6.07 Å². The van der Waals surface area contributed by atoms with Gasteiger partial charge in [0.1, 0.15) is 12.4 Å². The van der Waals surface area contributed by atoms with Gasteiger partial charge in [0.25, 0.3) is 5.91 Å². The van der Waals surface area contributed by atoms with Crippen LogP contribution in [0.25, 0.3) is 0 Å². The Morgan fingerprint density at radius 2 is 1.88 bits per heavy atom. The quantitative estimate of drug-likeness (QED) is 0.789. The molecular formula is C18H20FNO4. The van der Waals surface area contributed by atoms with Crippen LogP contribution in [0.1, 0.15) is 15.9 Å². The van der Waals surface area contributed by atoms with E-state index < -0.39 is 11.7 Å². The first-order chi connectivity index (χ1) is 11.5. The lowest BCUT2D eigenvalue weighted by molar-refractivity contribution is 0.102. The average Bonchev–Trinajstić information content (AvgIpc) is 2.57. The van der Waals surface area contributed by atoms with Crippen molar-refractivity contribution < 1.29 is 23.4 Å². The third-order valence-electron chi connectivity index (χ3n) is 3.34. The van der Waals surface area contributed by atoms with E-state index in [0.29, 0.717) is 24.7 Å². The van der Waals surface area contributed by atoms with Gasteiger partial charge in [-0.05, 0) is 42.8 Å². The van der Waals surface area contributed by atoms with Crippen molar-refractivity contribution in [3.8, 4) is 11.5 Å². The number of carbonyl (C=O) groups excluding carboxylic acids is 1. The van der Waals surface area contributed by atoms with Crippen LogP contribution in [0.4, 0.5) is 10.1 Å². The van der Waals surface area contributed by atoms with Crippen LogP contribution in [-0.4, -0.2) is 33.3 Å². The number of nitrogens with one attached hydrogen (secondary N) is 1. The second kappa shape index (κ2) is 8.31. The summed E-state index contributed by atoms with van der Waals surface area (Å²) >= 11 is 0. The maximum Gasteiger partial charge on any atom is 0.255 e. The minimum Gasteiger partial charge on any atom is -0.494 e. The molecule has 24 heavy (non-hydrogen) atoms. The van der Waals surface area contributed by atoms with Gasteiger partial charge >= 0.3 is 0 Å². The van der Waals surface area contributed by atoms with E-state index in [4.69, 9.17) is 14.2 Å². The highest BCUT2D eigenvalue weighted by Gasteiger charge is 2.13. The van der Waals surface area contributed by atoms with Crippen molar-refractivity contribution in [3.63, 3.8) is 0 Å². The largest absolute Gasteiger partial charge is 0.494 e. The summed E-state index contributed by atoms with van der Waals surface area (Å²) in [6.07, 6.45) is 0. The summed E-state index contributed by atoms with van der Waals surface area (Å²) in [7, 11) is 2.95. The number of benzene rings is 2. The minimum atomic E-state index is -0.592. The first-order valence-corrected chi connectivity index (χ1v) is 7.42. The smallest absolute Gasteiger partial charge is 0.255 e. The number of aryl methyl sites for hydroxylation is 1. The number of amides is 1. The molecule has 1 N–H and O–H groups in total. The van der Waals surface area contributed by atoms with Crippen molar-refractivity contribution in [1.29, 1.82) is 0 Å². The molecule has 2 aromatic carbocycles. The summed E-state index contributed by atoms with van der Waals surface area (Å²) < 4.78 is 29.2. The third-order valence-corrected chi connectivity index (χ3v) is 3.34. The van der Waals surface area contributed by atoms with Crippen LogP contribution in [0.5, 0.6) is 11.5 Å². The fourth-order valence-electron chi connectivity index (χ4n) is 2.09. The molecule has 6 heteroatoms. The van der Waals surface area contributed by atoms with Crippen LogP contribution in [0, 0.1) is 12.7 Å². The number of rotatable bonds is 7. The second-order valence-electron chi connectivity index (χ2n) is 5.14. The maximum absolute atomic E-state index is 13.7. The summed E-state index contributed by atoms with van der Waals surface area (Å²) in [5.74, 6) is -0.400. The molecule has 0 fully saturated rings. The summed E-state index contributed by atoms with van der Waals surface area (Å²) in [5.41, 5.74) is 1.70. The van der Waals surface area contributed by atoms with Crippen molar-refractivity contribution in [3.05, 3.63) is 53.3 Å². The third kappa shape index (κ3) is 4.45. The Morgan fingerprint density at radius 3 is 2.54 bits per heavy atom. The lowest BCUT2D eigenvalue weighted by Gasteiger charge is -2.13. The molecule has 0 saturated heterocycles. The average molecular weight is 333 g/mol. The molecule has 0 aliphatic rings. The molecule has 0 unspecified atom stereocenters. The summed E-state index contributed by atoms with van der Waals surface area (Å²) in [4.78, 5) is 12.3. The molecule has 0 heterocycles. The summed E-state index contributed by atoms with van der Waals surface area (Å²) in [6.45, 7) is 2.72. The van der Waals surface area contributed by atoms with E-state index in [1.54, 1.807) is 13.2 Å². The Bertz CT molecular complexity index is 718. The van der Waals surface area contributed by atoms with Gasteiger partial charge in [-0.15, -0.1) is 0 Å². The van der Waals surface area contributed by atoms with Crippen LogP contribution in [0.2, 0.25) is 0 Å². The fraction of sp³-hybridized carbons (Fsp3) is 0.278.